The summed E-state index contributed by atoms with van der Waals surface area (Å²) in [6.07, 6.45) is 2.06. The summed E-state index contributed by atoms with van der Waals surface area (Å²) in [6, 6.07) is 8.20. The van der Waals surface area contributed by atoms with Crippen molar-refractivity contribution in [3.8, 4) is 0 Å². The highest BCUT2D eigenvalue weighted by molar-refractivity contribution is 7.98. The van der Waals surface area contributed by atoms with Crippen LogP contribution in [0.2, 0.25) is 0 Å². The summed E-state index contributed by atoms with van der Waals surface area (Å²) in [7, 11) is 1.88. The van der Waals surface area contributed by atoms with E-state index in [0.717, 1.165) is 17.2 Å². The monoisotopic (exact) mass is 248 g/mol. The topological polar surface area (TPSA) is 55.9 Å². The second-order valence-electron chi connectivity index (χ2n) is 3.83. The minimum absolute atomic E-state index is 0.696. The summed E-state index contributed by atoms with van der Waals surface area (Å²) < 4.78 is 1.76. The minimum Gasteiger partial charge on any atom is -0.394 e. The Morgan fingerprint density at radius 1 is 1.41 bits per heavy atom. The molecule has 3 N–H and O–H groups in total. The number of aryl methyl sites for hydroxylation is 2. The molecule has 1 aromatic heterocycles. The van der Waals surface area contributed by atoms with Crippen LogP contribution in [0.15, 0.2) is 29.2 Å². The molecule has 0 saturated heterocycles. The Labute approximate surface area is 105 Å². The first-order valence-electron chi connectivity index (χ1n) is 5.32. The van der Waals surface area contributed by atoms with E-state index in [1.54, 1.807) is 16.4 Å². The Morgan fingerprint density at radius 2 is 2.18 bits per heavy atom. The highest BCUT2D eigenvalue weighted by Crippen LogP contribution is 2.27. The molecule has 0 amide bonds. The third kappa shape index (κ3) is 2.39. The number of benzene rings is 1. The van der Waals surface area contributed by atoms with Gasteiger partial charge in [0.25, 0.3) is 0 Å². The molecule has 90 valence electrons. The number of aromatic nitrogens is 2. The van der Waals surface area contributed by atoms with E-state index in [1.165, 1.54) is 4.90 Å². The maximum atomic E-state index is 5.97. The molecule has 0 aliphatic rings. The Balaban J connectivity index is 2.31. The van der Waals surface area contributed by atoms with Gasteiger partial charge in [-0.15, -0.1) is 11.8 Å². The highest BCUT2D eigenvalue weighted by atomic mass is 32.2. The maximum Gasteiger partial charge on any atom is 0.152 e. The van der Waals surface area contributed by atoms with Crippen molar-refractivity contribution in [2.24, 2.45) is 7.05 Å². The lowest BCUT2D eigenvalue weighted by Crippen LogP contribution is -2.01. The number of rotatable bonds is 3. The number of nitrogens with two attached hydrogens (primary N) is 1. The van der Waals surface area contributed by atoms with Crippen molar-refractivity contribution in [1.29, 1.82) is 0 Å². The quantitative estimate of drug-likeness (QED) is 0.820. The van der Waals surface area contributed by atoms with E-state index in [9.17, 15) is 0 Å². The number of hydrogen-bond donors (Lipinski definition) is 2. The van der Waals surface area contributed by atoms with E-state index in [4.69, 9.17) is 5.73 Å². The SMILES string of the molecule is CSc1cccc(Nc2c(N)c(C)nn2C)c1. The molecule has 2 rings (SSSR count). The predicted octanol–water partition coefficient (Wildman–Crippen LogP) is 2.78. The molecular weight excluding hydrogens is 232 g/mol. The molecule has 0 fully saturated rings. The molecule has 0 aliphatic heterocycles. The first kappa shape index (κ1) is 11.9. The fourth-order valence-electron chi connectivity index (χ4n) is 1.66. The summed E-state index contributed by atoms with van der Waals surface area (Å²) in [5, 5.41) is 7.57. The third-order valence-corrected chi connectivity index (χ3v) is 3.33. The molecule has 0 bridgehead atoms. The van der Waals surface area contributed by atoms with Crippen LogP contribution in [-0.2, 0) is 7.05 Å². The zero-order valence-electron chi connectivity index (χ0n) is 10.2. The van der Waals surface area contributed by atoms with E-state index in [0.29, 0.717) is 5.69 Å². The lowest BCUT2D eigenvalue weighted by atomic mass is 10.3. The van der Waals surface area contributed by atoms with Gasteiger partial charge in [0.15, 0.2) is 5.82 Å². The van der Waals surface area contributed by atoms with Gasteiger partial charge in [0.2, 0.25) is 0 Å². The van der Waals surface area contributed by atoms with Gasteiger partial charge in [0.05, 0.1) is 11.4 Å². The standard InChI is InChI=1S/C12H16N4S/c1-8-11(13)12(16(2)15-8)14-9-5-4-6-10(7-9)17-3/h4-7,14H,13H2,1-3H3. The molecule has 0 spiro atoms. The summed E-state index contributed by atoms with van der Waals surface area (Å²) in [5.74, 6) is 0.834. The smallest absolute Gasteiger partial charge is 0.152 e. The van der Waals surface area contributed by atoms with Crippen molar-refractivity contribution in [2.75, 3.05) is 17.3 Å². The molecule has 1 aromatic carbocycles. The highest BCUT2D eigenvalue weighted by Gasteiger charge is 2.09. The number of hydrogen-bond acceptors (Lipinski definition) is 4. The lowest BCUT2D eigenvalue weighted by molar-refractivity contribution is 0.765. The van der Waals surface area contributed by atoms with Crippen molar-refractivity contribution in [2.45, 2.75) is 11.8 Å². The van der Waals surface area contributed by atoms with Crippen molar-refractivity contribution < 1.29 is 0 Å². The largest absolute Gasteiger partial charge is 0.394 e. The third-order valence-electron chi connectivity index (χ3n) is 2.60. The van der Waals surface area contributed by atoms with Gasteiger partial charge in [-0.1, -0.05) is 6.07 Å². The second kappa shape index (κ2) is 4.71. The van der Waals surface area contributed by atoms with Crippen LogP contribution >= 0.6 is 11.8 Å². The molecule has 0 radical (unpaired) electrons. The van der Waals surface area contributed by atoms with Gasteiger partial charge in [-0.3, -0.25) is 4.68 Å². The molecule has 0 unspecified atom stereocenters. The van der Waals surface area contributed by atoms with Gasteiger partial charge >= 0.3 is 0 Å². The molecule has 0 saturated carbocycles. The normalized spacial score (nSPS) is 10.5. The van der Waals surface area contributed by atoms with E-state index >= 15 is 0 Å². The summed E-state index contributed by atoms with van der Waals surface area (Å²) in [5.41, 5.74) is 8.53. The molecule has 4 nitrogen and oxygen atoms in total. The van der Waals surface area contributed by atoms with E-state index in [1.807, 2.05) is 26.1 Å². The fraction of sp³-hybridized carbons (Fsp3) is 0.250. The van der Waals surface area contributed by atoms with Crippen LogP contribution in [0.1, 0.15) is 5.69 Å². The lowest BCUT2D eigenvalue weighted by Gasteiger charge is -2.08. The average Bonchev–Trinajstić information content (AvgIpc) is 2.56. The van der Waals surface area contributed by atoms with E-state index in [-0.39, 0.29) is 0 Å². The summed E-state index contributed by atoms with van der Waals surface area (Å²) in [6.45, 7) is 1.90. The zero-order chi connectivity index (χ0) is 12.4. The zero-order valence-corrected chi connectivity index (χ0v) is 11.0. The van der Waals surface area contributed by atoms with Crippen LogP contribution in [0.4, 0.5) is 17.2 Å². The molecule has 5 heteroatoms. The van der Waals surface area contributed by atoms with Crippen LogP contribution < -0.4 is 11.1 Å². The summed E-state index contributed by atoms with van der Waals surface area (Å²) in [4.78, 5) is 1.22. The Bertz CT molecular complexity index is 533. The first-order chi connectivity index (χ1) is 8.11. The number of nitrogens with zero attached hydrogens (tertiary/aromatic N) is 2. The van der Waals surface area contributed by atoms with Crippen LogP contribution in [0, 0.1) is 6.92 Å². The molecule has 2 aromatic rings. The van der Waals surface area contributed by atoms with Gasteiger partial charge < -0.3 is 11.1 Å². The molecule has 17 heavy (non-hydrogen) atoms. The Kier molecular flexibility index (Phi) is 3.28. The Hall–Kier alpha value is -1.62. The van der Waals surface area contributed by atoms with Crippen LogP contribution in [0.3, 0.4) is 0 Å². The molecule has 0 atom stereocenters. The van der Waals surface area contributed by atoms with Gasteiger partial charge in [0.1, 0.15) is 0 Å². The van der Waals surface area contributed by atoms with Crippen LogP contribution in [0.25, 0.3) is 0 Å². The van der Waals surface area contributed by atoms with Gasteiger partial charge in [-0.25, -0.2) is 0 Å². The second-order valence-corrected chi connectivity index (χ2v) is 4.71. The maximum absolute atomic E-state index is 5.97. The van der Waals surface area contributed by atoms with Gasteiger partial charge in [-0.05, 0) is 31.4 Å². The van der Waals surface area contributed by atoms with Crippen molar-refractivity contribution in [3.05, 3.63) is 30.0 Å². The van der Waals surface area contributed by atoms with Gasteiger partial charge in [-0.2, -0.15) is 5.10 Å². The number of thioether (sulfide) groups is 1. The van der Waals surface area contributed by atoms with Gasteiger partial charge in [0, 0.05) is 17.6 Å². The Morgan fingerprint density at radius 3 is 2.76 bits per heavy atom. The van der Waals surface area contributed by atoms with Crippen molar-refractivity contribution >= 4 is 29.0 Å². The van der Waals surface area contributed by atoms with E-state index < -0.39 is 0 Å². The van der Waals surface area contributed by atoms with E-state index in [2.05, 4.69) is 28.8 Å². The summed E-state index contributed by atoms with van der Waals surface area (Å²) >= 11 is 1.71. The molecular formula is C12H16N4S. The predicted molar refractivity (Wildman–Crippen MR) is 73.9 cm³/mol. The minimum atomic E-state index is 0.696. The fourth-order valence-corrected chi connectivity index (χ4v) is 2.12. The number of nitrogens with one attached hydrogen (secondary N) is 1. The van der Waals surface area contributed by atoms with Crippen molar-refractivity contribution in [3.63, 3.8) is 0 Å². The number of anilines is 3. The average molecular weight is 248 g/mol. The number of nitrogen functional groups attached to an aromatic ring is 1. The first-order valence-corrected chi connectivity index (χ1v) is 6.54. The van der Waals surface area contributed by atoms with Crippen LogP contribution in [0.5, 0.6) is 0 Å². The van der Waals surface area contributed by atoms with Crippen LogP contribution in [-0.4, -0.2) is 16.0 Å². The molecule has 1 heterocycles. The van der Waals surface area contributed by atoms with Crippen molar-refractivity contribution in [1.82, 2.24) is 9.78 Å². The molecule has 0 aliphatic carbocycles.